The van der Waals surface area contributed by atoms with E-state index in [0.717, 1.165) is 5.56 Å². The molecule has 2 aromatic rings. The third-order valence-electron chi connectivity index (χ3n) is 4.32. The van der Waals surface area contributed by atoms with E-state index < -0.39 is 0 Å². The van der Waals surface area contributed by atoms with E-state index in [1.807, 2.05) is 6.07 Å². The first kappa shape index (κ1) is 23.7. The molecule has 0 bridgehead atoms. The number of methoxy groups -OCH3 is 1. The molecule has 1 N–H and O–H groups in total. The maximum absolute atomic E-state index is 13.2. The number of ether oxygens (including phenoxy) is 3. The first-order valence-corrected chi connectivity index (χ1v) is 9.83. The van der Waals surface area contributed by atoms with Gasteiger partial charge in [-0.25, -0.2) is 0 Å². The van der Waals surface area contributed by atoms with Gasteiger partial charge in [-0.15, -0.1) is 0 Å². The summed E-state index contributed by atoms with van der Waals surface area (Å²) in [7, 11) is 2.96. The minimum Gasteiger partial charge on any atom is -0.493 e. The highest BCUT2D eigenvalue weighted by Gasteiger charge is 2.20. The molecule has 0 spiro atoms. The number of likely N-dealkylation sites (N-methyl/N-ethyl adjacent to an activating group) is 1. The van der Waals surface area contributed by atoms with E-state index in [4.69, 9.17) is 14.2 Å². The Morgan fingerprint density at radius 1 is 1.16 bits per heavy atom. The number of hydrogen-bond donors (Lipinski definition) is 1. The summed E-state index contributed by atoms with van der Waals surface area (Å²) in [6.07, 6.45) is 3.39. The molecular formula is C22H27N3O6. The number of carbonyl (C=O) groups is 3. The molecule has 9 heteroatoms. The summed E-state index contributed by atoms with van der Waals surface area (Å²) in [5.74, 6) is -0.287. The van der Waals surface area contributed by atoms with Crippen LogP contribution in [0.25, 0.3) is 0 Å². The van der Waals surface area contributed by atoms with Gasteiger partial charge in [0, 0.05) is 38.1 Å². The molecular weight excluding hydrogens is 402 g/mol. The number of amides is 2. The van der Waals surface area contributed by atoms with Crippen LogP contribution in [0.15, 0.2) is 42.7 Å². The van der Waals surface area contributed by atoms with Crippen LogP contribution in [0.2, 0.25) is 0 Å². The zero-order chi connectivity index (χ0) is 22.6. The van der Waals surface area contributed by atoms with E-state index in [0.29, 0.717) is 17.1 Å². The van der Waals surface area contributed by atoms with Crippen LogP contribution in [-0.2, 0) is 20.9 Å². The molecule has 0 saturated carbocycles. The fourth-order valence-corrected chi connectivity index (χ4v) is 2.74. The molecule has 1 aromatic carbocycles. The van der Waals surface area contributed by atoms with Gasteiger partial charge in [-0.05, 0) is 36.8 Å². The molecule has 0 saturated heterocycles. The van der Waals surface area contributed by atoms with Crippen molar-refractivity contribution in [1.29, 1.82) is 0 Å². The molecule has 0 fully saturated rings. The van der Waals surface area contributed by atoms with Gasteiger partial charge in [0.05, 0.1) is 20.1 Å². The van der Waals surface area contributed by atoms with E-state index in [9.17, 15) is 14.4 Å². The number of rotatable bonds is 11. The summed E-state index contributed by atoms with van der Waals surface area (Å²) in [6.45, 7) is 2.31. The smallest absolute Gasteiger partial charge is 0.307 e. The zero-order valence-corrected chi connectivity index (χ0v) is 17.9. The van der Waals surface area contributed by atoms with Crippen LogP contribution in [0, 0.1) is 0 Å². The van der Waals surface area contributed by atoms with Gasteiger partial charge in [0.2, 0.25) is 0 Å². The van der Waals surface area contributed by atoms with Crippen molar-refractivity contribution in [2.75, 3.05) is 33.9 Å². The van der Waals surface area contributed by atoms with E-state index in [1.165, 1.54) is 14.2 Å². The molecule has 9 nitrogen and oxygen atoms in total. The van der Waals surface area contributed by atoms with E-state index in [1.54, 1.807) is 48.5 Å². The Morgan fingerprint density at radius 3 is 2.61 bits per heavy atom. The molecule has 0 aliphatic carbocycles. The topological polar surface area (TPSA) is 107 Å². The van der Waals surface area contributed by atoms with Crippen molar-refractivity contribution in [3.8, 4) is 11.5 Å². The lowest BCUT2D eigenvalue weighted by Gasteiger charge is -2.23. The van der Waals surface area contributed by atoms with Gasteiger partial charge in [0.25, 0.3) is 11.8 Å². The van der Waals surface area contributed by atoms with Crippen molar-refractivity contribution in [2.24, 2.45) is 0 Å². The highest BCUT2D eigenvalue weighted by atomic mass is 16.5. The van der Waals surface area contributed by atoms with Crippen molar-refractivity contribution in [3.63, 3.8) is 0 Å². The van der Waals surface area contributed by atoms with Crippen molar-refractivity contribution in [3.05, 3.63) is 53.9 Å². The summed E-state index contributed by atoms with van der Waals surface area (Å²) in [5.41, 5.74) is 1.19. The molecule has 2 amide bonds. The largest absolute Gasteiger partial charge is 0.493 e. The third-order valence-corrected chi connectivity index (χ3v) is 4.32. The van der Waals surface area contributed by atoms with Crippen LogP contribution in [0.1, 0.15) is 29.3 Å². The number of esters is 1. The molecule has 0 atom stereocenters. The molecule has 31 heavy (non-hydrogen) atoms. The summed E-state index contributed by atoms with van der Waals surface area (Å²) in [4.78, 5) is 42.1. The second kappa shape index (κ2) is 12.2. The first-order chi connectivity index (χ1) is 15.0. The third kappa shape index (κ3) is 7.29. The number of nitrogens with zero attached hydrogens (tertiary/aromatic N) is 2. The molecule has 166 valence electrons. The Kier molecular flexibility index (Phi) is 9.28. The van der Waals surface area contributed by atoms with Gasteiger partial charge in [-0.3, -0.25) is 19.4 Å². The van der Waals surface area contributed by atoms with Crippen molar-refractivity contribution in [1.82, 2.24) is 15.2 Å². The highest BCUT2D eigenvalue weighted by Crippen LogP contribution is 2.28. The summed E-state index contributed by atoms with van der Waals surface area (Å²) < 4.78 is 15.7. The highest BCUT2D eigenvalue weighted by molar-refractivity contribution is 5.95. The second-order valence-electron chi connectivity index (χ2n) is 6.47. The lowest BCUT2D eigenvalue weighted by atomic mass is 10.1. The zero-order valence-electron chi connectivity index (χ0n) is 17.9. The number of pyridine rings is 1. The fourth-order valence-electron chi connectivity index (χ4n) is 2.74. The van der Waals surface area contributed by atoms with E-state index in [2.05, 4.69) is 10.3 Å². The number of benzene rings is 1. The van der Waals surface area contributed by atoms with Crippen LogP contribution in [-0.4, -0.2) is 61.6 Å². The Morgan fingerprint density at radius 2 is 1.97 bits per heavy atom. The van der Waals surface area contributed by atoms with Crippen molar-refractivity contribution >= 4 is 17.8 Å². The predicted molar refractivity (Wildman–Crippen MR) is 113 cm³/mol. The first-order valence-electron chi connectivity index (χ1n) is 9.83. The van der Waals surface area contributed by atoms with E-state index in [-0.39, 0.29) is 50.5 Å². The number of nitrogens with one attached hydrogen (secondary N) is 1. The van der Waals surface area contributed by atoms with Gasteiger partial charge in [0.15, 0.2) is 18.1 Å². The SMILES string of the molecule is CCOC(=O)CCN(Cc1cccnc1)C(=O)c1ccc(OCC(=O)NC)c(OC)c1. The Balaban J connectivity index is 2.21. The minimum atomic E-state index is -0.373. The average Bonchev–Trinajstić information content (AvgIpc) is 2.80. The van der Waals surface area contributed by atoms with E-state index >= 15 is 0 Å². The molecule has 1 aromatic heterocycles. The van der Waals surface area contributed by atoms with Gasteiger partial charge < -0.3 is 24.4 Å². The molecule has 0 aliphatic rings. The normalized spacial score (nSPS) is 10.2. The van der Waals surface area contributed by atoms with Gasteiger partial charge in [0.1, 0.15) is 0 Å². The standard InChI is InChI=1S/C22H27N3O6/c1-4-30-21(27)9-11-25(14-16-6-5-10-24-13-16)22(28)17-7-8-18(19(12-17)29-3)31-15-20(26)23-2/h5-8,10,12-13H,4,9,11,14-15H2,1-3H3,(H,23,26). The van der Waals surface area contributed by atoms with Crippen LogP contribution < -0.4 is 14.8 Å². The second-order valence-corrected chi connectivity index (χ2v) is 6.47. The molecule has 2 rings (SSSR count). The van der Waals surface area contributed by atoms with Gasteiger partial charge >= 0.3 is 5.97 Å². The molecule has 0 radical (unpaired) electrons. The molecule has 0 unspecified atom stereocenters. The monoisotopic (exact) mass is 429 g/mol. The summed E-state index contributed by atoms with van der Waals surface area (Å²) >= 11 is 0. The van der Waals surface area contributed by atoms with Crippen LogP contribution in [0.4, 0.5) is 0 Å². The Labute approximate surface area is 181 Å². The number of aromatic nitrogens is 1. The quantitative estimate of drug-likeness (QED) is 0.543. The molecule has 0 aliphatic heterocycles. The van der Waals surface area contributed by atoms with Crippen LogP contribution in [0.3, 0.4) is 0 Å². The van der Waals surface area contributed by atoms with Crippen molar-refractivity contribution in [2.45, 2.75) is 19.9 Å². The fraction of sp³-hybridized carbons (Fsp3) is 0.364. The van der Waals surface area contributed by atoms with Crippen LogP contribution >= 0.6 is 0 Å². The van der Waals surface area contributed by atoms with Crippen LogP contribution in [0.5, 0.6) is 11.5 Å². The van der Waals surface area contributed by atoms with Gasteiger partial charge in [-0.1, -0.05) is 6.07 Å². The predicted octanol–water partition coefficient (Wildman–Crippen LogP) is 1.81. The average molecular weight is 429 g/mol. The molecule has 1 heterocycles. The number of carbonyl (C=O) groups excluding carboxylic acids is 3. The minimum absolute atomic E-state index is 0.0737. The van der Waals surface area contributed by atoms with Crippen molar-refractivity contribution < 1.29 is 28.6 Å². The Hall–Kier alpha value is -3.62. The maximum atomic E-state index is 13.2. The lowest BCUT2D eigenvalue weighted by molar-refractivity contribution is -0.143. The summed E-state index contributed by atoms with van der Waals surface area (Å²) in [5, 5.41) is 2.46. The summed E-state index contributed by atoms with van der Waals surface area (Å²) in [6, 6.07) is 8.34. The van der Waals surface area contributed by atoms with Gasteiger partial charge in [-0.2, -0.15) is 0 Å². The number of hydrogen-bond acceptors (Lipinski definition) is 7. The maximum Gasteiger partial charge on any atom is 0.307 e. The Bertz CT molecular complexity index is 888. The lowest BCUT2D eigenvalue weighted by Crippen LogP contribution is -2.33.